The van der Waals surface area contributed by atoms with Gasteiger partial charge in [0, 0.05) is 17.5 Å². The number of carboxylic acid groups (broad SMARTS) is 1. The molecule has 0 saturated carbocycles. The van der Waals surface area contributed by atoms with Gasteiger partial charge in [0.2, 0.25) is 5.91 Å². The first kappa shape index (κ1) is 24.0. The zero-order valence-electron chi connectivity index (χ0n) is 16.7. The fraction of sp³-hybridized carbons (Fsp3) is 0.227. The van der Waals surface area contributed by atoms with Crippen molar-refractivity contribution in [3.8, 4) is 0 Å². The van der Waals surface area contributed by atoms with Crippen molar-refractivity contribution in [2.45, 2.75) is 31.2 Å². The van der Waals surface area contributed by atoms with E-state index in [0.29, 0.717) is 23.3 Å². The zero-order valence-corrected chi connectivity index (χ0v) is 16.7. The van der Waals surface area contributed by atoms with Crippen molar-refractivity contribution in [2.24, 2.45) is 0 Å². The number of alkyl halides is 6. The van der Waals surface area contributed by atoms with Crippen LogP contribution in [0.25, 0.3) is 10.9 Å². The molecule has 1 heterocycles. The van der Waals surface area contributed by atoms with E-state index in [1.807, 2.05) is 0 Å². The quantitative estimate of drug-likeness (QED) is 0.515. The topological polar surface area (TPSA) is 79.3 Å². The van der Waals surface area contributed by atoms with Crippen LogP contribution in [0.2, 0.25) is 0 Å². The van der Waals surface area contributed by atoms with Gasteiger partial charge >= 0.3 is 18.3 Å². The lowest BCUT2D eigenvalue weighted by atomic mass is 10.0. The van der Waals surface area contributed by atoms with Crippen LogP contribution in [0, 0.1) is 0 Å². The summed E-state index contributed by atoms with van der Waals surface area (Å²) in [6.07, 6.45) is -11.2. The zero-order chi connectivity index (χ0) is 24.4. The van der Waals surface area contributed by atoms with Gasteiger partial charge in [-0.25, -0.2) is 4.79 Å². The number of nitrogens with one attached hydrogen (secondary N) is 1. The van der Waals surface area contributed by atoms with Crippen molar-refractivity contribution in [1.82, 2.24) is 10.3 Å². The fourth-order valence-corrected chi connectivity index (χ4v) is 3.18. The number of benzene rings is 2. The third kappa shape index (κ3) is 6.21. The van der Waals surface area contributed by atoms with Crippen molar-refractivity contribution in [1.29, 1.82) is 0 Å². The number of fused-ring (bicyclic) bond motifs is 1. The molecule has 0 aliphatic carbocycles. The van der Waals surface area contributed by atoms with Crippen LogP contribution in [0.5, 0.6) is 0 Å². The Hall–Kier alpha value is -3.63. The molecule has 0 radical (unpaired) electrons. The monoisotopic (exact) mass is 470 g/mol. The summed E-state index contributed by atoms with van der Waals surface area (Å²) < 4.78 is 77.9. The Balaban J connectivity index is 1.79. The first-order valence-electron chi connectivity index (χ1n) is 9.48. The number of nitrogens with zero attached hydrogens (tertiary/aromatic N) is 1. The van der Waals surface area contributed by atoms with Crippen LogP contribution in [-0.2, 0) is 34.8 Å². The Bertz CT molecular complexity index is 1160. The lowest BCUT2D eigenvalue weighted by Crippen LogP contribution is -2.43. The Labute approximate surface area is 183 Å². The van der Waals surface area contributed by atoms with Gasteiger partial charge in [-0.2, -0.15) is 26.3 Å². The molecule has 0 bridgehead atoms. The molecule has 0 saturated heterocycles. The van der Waals surface area contributed by atoms with Gasteiger partial charge in [-0.3, -0.25) is 9.78 Å². The van der Waals surface area contributed by atoms with Crippen molar-refractivity contribution in [3.63, 3.8) is 0 Å². The van der Waals surface area contributed by atoms with Gasteiger partial charge in [0.25, 0.3) is 0 Å². The average Bonchev–Trinajstić information content (AvgIpc) is 2.71. The van der Waals surface area contributed by atoms with Crippen LogP contribution in [0.4, 0.5) is 26.3 Å². The number of hydrogen-bond donors (Lipinski definition) is 2. The molecular weight excluding hydrogens is 454 g/mol. The Morgan fingerprint density at radius 3 is 2.09 bits per heavy atom. The van der Waals surface area contributed by atoms with Crippen molar-refractivity contribution < 1.29 is 41.0 Å². The first-order chi connectivity index (χ1) is 15.3. The van der Waals surface area contributed by atoms with E-state index in [9.17, 15) is 41.0 Å². The maximum Gasteiger partial charge on any atom is 0.416 e. The van der Waals surface area contributed by atoms with E-state index in [2.05, 4.69) is 10.3 Å². The second-order valence-electron chi connectivity index (χ2n) is 7.25. The van der Waals surface area contributed by atoms with Crippen molar-refractivity contribution in [2.75, 3.05) is 0 Å². The van der Waals surface area contributed by atoms with Crippen LogP contribution >= 0.6 is 0 Å². The van der Waals surface area contributed by atoms with Gasteiger partial charge in [0.15, 0.2) is 0 Å². The normalized spacial score (nSPS) is 13.0. The third-order valence-electron chi connectivity index (χ3n) is 4.71. The minimum atomic E-state index is -5.06. The van der Waals surface area contributed by atoms with Gasteiger partial charge in [0.1, 0.15) is 6.04 Å². The predicted molar refractivity (Wildman–Crippen MR) is 105 cm³/mol. The van der Waals surface area contributed by atoms with Crippen LogP contribution in [-0.4, -0.2) is 28.0 Å². The molecular formula is C22H16F6N2O3. The molecule has 1 amide bonds. The SMILES string of the molecule is O=C(Cc1cc(C(F)(F)F)cc(C(F)(F)F)c1)N[C@@H](Cc1ccc2ccccc2n1)C(=O)O. The summed E-state index contributed by atoms with van der Waals surface area (Å²) in [7, 11) is 0. The van der Waals surface area contributed by atoms with Gasteiger partial charge in [-0.05, 0) is 35.9 Å². The second-order valence-corrected chi connectivity index (χ2v) is 7.25. The highest BCUT2D eigenvalue weighted by Gasteiger charge is 2.37. The molecule has 1 aromatic heterocycles. The predicted octanol–water partition coefficient (Wildman–Crippen LogP) is 4.63. The number of rotatable bonds is 6. The molecule has 0 aliphatic rings. The summed E-state index contributed by atoms with van der Waals surface area (Å²) in [4.78, 5) is 28.2. The summed E-state index contributed by atoms with van der Waals surface area (Å²) in [5.41, 5.74) is -2.75. The van der Waals surface area contributed by atoms with E-state index in [-0.39, 0.29) is 12.5 Å². The standard InChI is InChI=1S/C22H16F6N2O3/c23-21(24,25)14-7-12(8-15(10-14)22(26,27)28)9-19(31)30-18(20(32)33)11-16-6-5-13-3-1-2-4-17(13)29-16/h1-8,10,18H,9,11H2,(H,30,31)(H,32,33)/t18-/m0/s1. The molecule has 0 fully saturated rings. The Morgan fingerprint density at radius 2 is 1.52 bits per heavy atom. The van der Waals surface area contributed by atoms with Gasteiger partial charge < -0.3 is 10.4 Å². The molecule has 3 aromatic rings. The van der Waals surface area contributed by atoms with Crippen LogP contribution < -0.4 is 5.32 Å². The molecule has 2 aromatic carbocycles. The molecule has 1 atom stereocenters. The Kier molecular flexibility index (Phi) is 6.61. The fourth-order valence-electron chi connectivity index (χ4n) is 3.18. The maximum atomic E-state index is 13.0. The number of halogens is 6. The van der Waals surface area contributed by atoms with Crippen molar-refractivity contribution in [3.05, 3.63) is 77.0 Å². The van der Waals surface area contributed by atoms with E-state index in [1.54, 1.807) is 36.4 Å². The average molecular weight is 470 g/mol. The highest BCUT2D eigenvalue weighted by atomic mass is 19.4. The molecule has 2 N–H and O–H groups in total. The van der Waals surface area contributed by atoms with Crippen LogP contribution in [0.1, 0.15) is 22.4 Å². The number of para-hydroxylation sites is 1. The molecule has 3 rings (SSSR count). The van der Waals surface area contributed by atoms with Gasteiger partial charge in [-0.1, -0.05) is 24.3 Å². The van der Waals surface area contributed by atoms with E-state index in [0.717, 1.165) is 5.39 Å². The summed E-state index contributed by atoms with van der Waals surface area (Å²) in [6.45, 7) is 0. The first-order valence-corrected chi connectivity index (χ1v) is 9.48. The summed E-state index contributed by atoms with van der Waals surface area (Å²) >= 11 is 0. The molecule has 11 heteroatoms. The van der Waals surface area contributed by atoms with Crippen LogP contribution in [0.15, 0.2) is 54.6 Å². The number of carbonyl (C=O) groups is 2. The minimum Gasteiger partial charge on any atom is -0.480 e. The molecule has 0 spiro atoms. The number of amides is 1. The third-order valence-corrected chi connectivity index (χ3v) is 4.71. The second kappa shape index (κ2) is 9.08. The van der Waals surface area contributed by atoms with Gasteiger partial charge in [0.05, 0.1) is 23.1 Å². The minimum absolute atomic E-state index is 0.0488. The number of carboxylic acids is 1. The van der Waals surface area contributed by atoms with E-state index >= 15 is 0 Å². The molecule has 0 unspecified atom stereocenters. The molecule has 0 aliphatic heterocycles. The summed E-state index contributed by atoms with van der Waals surface area (Å²) in [5.74, 6) is -2.48. The molecule has 33 heavy (non-hydrogen) atoms. The summed E-state index contributed by atoms with van der Waals surface area (Å²) in [6, 6.07) is 9.62. The highest BCUT2D eigenvalue weighted by molar-refractivity contribution is 5.85. The van der Waals surface area contributed by atoms with Gasteiger partial charge in [-0.15, -0.1) is 0 Å². The van der Waals surface area contributed by atoms with E-state index in [1.165, 1.54) is 0 Å². The number of hydrogen-bond acceptors (Lipinski definition) is 3. The number of aliphatic carboxylic acids is 1. The highest BCUT2D eigenvalue weighted by Crippen LogP contribution is 2.36. The van der Waals surface area contributed by atoms with Crippen molar-refractivity contribution >= 4 is 22.8 Å². The number of pyridine rings is 1. The molecule has 5 nitrogen and oxygen atoms in total. The Morgan fingerprint density at radius 1 is 0.909 bits per heavy atom. The summed E-state index contributed by atoms with van der Waals surface area (Å²) in [5, 5.41) is 12.4. The maximum absolute atomic E-state index is 13.0. The van der Waals surface area contributed by atoms with E-state index < -0.39 is 53.4 Å². The smallest absolute Gasteiger partial charge is 0.416 e. The van der Waals surface area contributed by atoms with E-state index in [4.69, 9.17) is 0 Å². The van der Waals surface area contributed by atoms with Crippen LogP contribution in [0.3, 0.4) is 0 Å². The molecule has 174 valence electrons. The lowest BCUT2D eigenvalue weighted by Gasteiger charge is -2.16. The number of aromatic nitrogens is 1. The lowest BCUT2D eigenvalue weighted by molar-refractivity contribution is -0.143. The number of carbonyl (C=O) groups excluding carboxylic acids is 1. The largest absolute Gasteiger partial charge is 0.480 e.